The van der Waals surface area contributed by atoms with Gasteiger partial charge in [-0.3, -0.25) is 28.1 Å². The van der Waals surface area contributed by atoms with E-state index < -0.39 is 23.3 Å². The van der Waals surface area contributed by atoms with Crippen LogP contribution in [-0.2, 0) is 25.0 Å². The molecule has 5 heterocycles. The van der Waals surface area contributed by atoms with Gasteiger partial charge in [-0.25, -0.2) is 19.8 Å². The zero-order valence-corrected chi connectivity index (χ0v) is 20.3. The molecule has 1 atom stereocenters. The second-order valence-electron chi connectivity index (χ2n) is 8.31. The van der Waals surface area contributed by atoms with E-state index in [2.05, 4.69) is 15.3 Å². The predicted molar refractivity (Wildman–Crippen MR) is 131 cm³/mol. The van der Waals surface area contributed by atoms with Crippen molar-refractivity contribution in [3.63, 3.8) is 0 Å². The number of nitrogens with one attached hydrogen (secondary N) is 1. The fourth-order valence-corrected chi connectivity index (χ4v) is 5.61. The third kappa shape index (κ3) is 3.72. The molecule has 0 aliphatic carbocycles. The van der Waals surface area contributed by atoms with E-state index in [1.54, 1.807) is 19.3 Å². The first-order valence-electron chi connectivity index (χ1n) is 11.2. The van der Waals surface area contributed by atoms with Crippen LogP contribution in [0, 0.1) is 0 Å². The van der Waals surface area contributed by atoms with Crippen LogP contribution in [0.2, 0.25) is 0 Å². The lowest BCUT2D eigenvalue weighted by molar-refractivity contribution is -0.0778. The van der Waals surface area contributed by atoms with Crippen molar-refractivity contribution in [3.05, 3.63) is 49.6 Å². The van der Waals surface area contributed by atoms with Crippen molar-refractivity contribution in [2.75, 3.05) is 25.5 Å². The molecule has 0 bridgehead atoms. The number of anilines is 1. The van der Waals surface area contributed by atoms with Crippen molar-refractivity contribution >= 4 is 44.6 Å². The zero-order valence-electron chi connectivity index (χ0n) is 19.5. The topological polar surface area (TPSA) is 137 Å². The molecule has 4 aromatic rings. The Labute approximate surface area is 203 Å². The highest BCUT2D eigenvalue weighted by atomic mass is 32.1. The van der Waals surface area contributed by atoms with Crippen molar-refractivity contribution in [1.82, 2.24) is 28.7 Å². The summed E-state index contributed by atoms with van der Waals surface area (Å²) < 4.78 is 4.38. The van der Waals surface area contributed by atoms with Crippen LogP contribution < -0.4 is 16.6 Å². The van der Waals surface area contributed by atoms with E-state index in [0.717, 1.165) is 9.63 Å². The molecule has 184 valence electrons. The van der Waals surface area contributed by atoms with Crippen molar-refractivity contribution in [2.24, 2.45) is 7.05 Å². The maximum Gasteiger partial charge on any atom is 0.331 e. The minimum atomic E-state index is -0.814. The number of nitrogens with zero attached hydrogens (tertiary/aromatic N) is 6. The fraction of sp³-hybridized carbons (Fsp3) is 0.409. The van der Waals surface area contributed by atoms with Crippen LogP contribution in [0.1, 0.15) is 28.6 Å². The van der Waals surface area contributed by atoms with Gasteiger partial charge in [0.25, 0.3) is 11.5 Å². The summed E-state index contributed by atoms with van der Waals surface area (Å²) in [5, 5.41) is 14.2. The first-order chi connectivity index (χ1) is 16.8. The van der Waals surface area contributed by atoms with Gasteiger partial charge < -0.3 is 10.4 Å². The van der Waals surface area contributed by atoms with Crippen molar-refractivity contribution in [3.8, 4) is 0 Å². The number of carbonyl (C=O) groups excluding carboxylic acids is 1. The number of aliphatic hydroxyl groups is 1. The largest absolute Gasteiger partial charge is 0.389 e. The third-order valence-electron chi connectivity index (χ3n) is 5.96. The number of hydroxylamine groups is 2. The number of β-amino-alcohol motifs (C(OH)–C–C–N with tert-alkyl or cyclic N) is 1. The lowest BCUT2D eigenvalue weighted by Crippen LogP contribution is -2.38. The molecule has 4 aromatic heterocycles. The van der Waals surface area contributed by atoms with Crippen LogP contribution in [0.4, 0.5) is 5.95 Å². The maximum absolute atomic E-state index is 13.7. The zero-order chi connectivity index (χ0) is 24.9. The predicted octanol–water partition coefficient (Wildman–Crippen LogP) is 0.755. The molecule has 2 N–H and O–H groups in total. The highest BCUT2D eigenvalue weighted by molar-refractivity contribution is 7.19. The summed E-state index contributed by atoms with van der Waals surface area (Å²) in [7, 11) is 3.15. The second-order valence-corrected chi connectivity index (χ2v) is 9.40. The molecule has 1 amide bonds. The highest BCUT2D eigenvalue weighted by Crippen LogP contribution is 2.33. The summed E-state index contributed by atoms with van der Waals surface area (Å²) in [6.07, 6.45) is 1.52. The van der Waals surface area contributed by atoms with Crippen LogP contribution >= 0.6 is 11.3 Å². The van der Waals surface area contributed by atoms with Gasteiger partial charge in [-0.15, -0.1) is 11.3 Å². The number of hydrogen-bond donors (Lipinski definition) is 2. The standard InChI is InChI=1S/C22H25N7O5S/c1-4-8-27-20-16(18(31)26(3)22(27)33)15(19(32)29-9-12(30)11-34-29)14(35-20)10-28-17-13(6-5-7-24-17)25-21(28)23-2/h5-7,12,30H,4,8-11H2,1-3H3,(H,23,25)/t12-/m0/s1. The Morgan fingerprint density at radius 2 is 2.14 bits per heavy atom. The van der Waals surface area contributed by atoms with Gasteiger partial charge in [-0.2, -0.15) is 0 Å². The average molecular weight is 500 g/mol. The Kier molecular flexibility index (Phi) is 5.91. The minimum Gasteiger partial charge on any atom is -0.389 e. The number of pyridine rings is 1. The van der Waals surface area contributed by atoms with Crippen LogP contribution in [0.5, 0.6) is 0 Å². The van der Waals surface area contributed by atoms with Gasteiger partial charge in [0.1, 0.15) is 23.1 Å². The van der Waals surface area contributed by atoms with E-state index in [0.29, 0.717) is 39.8 Å². The molecule has 0 saturated carbocycles. The number of aromatic nitrogens is 5. The number of fused-ring (bicyclic) bond motifs is 2. The molecule has 0 spiro atoms. The summed E-state index contributed by atoms with van der Waals surface area (Å²) in [5.41, 5.74) is 0.458. The first-order valence-corrected chi connectivity index (χ1v) is 12.0. The van der Waals surface area contributed by atoms with Crippen molar-refractivity contribution in [2.45, 2.75) is 32.5 Å². The van der Waals surface area contributed by atoms with Crippen molar-refractivity contribution < 1.29 is 14.7 Å². The second kappa shape index (κ2) is 8.91. The molecule has 1 aliphatic heterocycles. The van der Waals surface area contributed by atoms with Gasteiger partial charge in [0, 0.05) is 31.7 Å². The number of imidazole rings is 1. The Morgan fingerprint density at radius 1 is 1.34 bits per heavy atom. The van der Waals surface area contributed by atoms with E-state index in [1.807, 2.05) is 17.6 Å². The molecule has 1 aliphatic rings. The molecule has 1 saturated heterocycles. The maximum atomic E-state index is 13.7. The first kappa shape index (κ1) is 23.2. The van der Waals surface area contributed by atoms with Crippen LogP contribution in [0.3, 0.4) is 0 Å². The smallest absolute Gasteiger partial charge is 0.331 e. The molecule has 0 radical (unpaired) electrons. The van der Waals surface area contributed by atoms with Crippen LogP contribution in [0.25, 0.3) is 21.4 Å². The number of carbonyl (C=O) groups is 1. The molecule has 35 heavy (non-hydrogen) atoms. The monoisotopic (exact) mass is 499 g/mol. The van der Waals surface area contributed by atoms with E-state index >= 15 is 0 Å². The van der Waals surface area contributed by atoms with Gasteiger partial charge in [-0.1, -0.05) is 6.92 Å². The number of hydrogen-bond acceptors (Lipinski definition) is 9. The number of aryl methyl sites for hydroxylation is 1. The van der Waals surface area contributed by atoms with Crippen LogP contribution in [-0.4, -0.2) is 66.0 Å². The minimum absolute atomic E-state index is 0.0120. The molecule has 12 nitrogen and oxygen atoms in total. The molecule has 1 fully saturated rings. The number of amides is 1. The molecule has 0 aromatic carbocycles. The average Bonchev–Trinajstić information content (AvgIpc) is 3.55. The van der Waals surface area contributed by atoms with Gasteiger partial charge in [0.2, 0.25) is 5.95 Å². The van der Waals surface area contributed by atoms with Gasteiger partial charge in [-0.05, 0) is 18.6 Å². The molecule has 13 heteroatoms. The Balaban J connectivity index is 1.78. The number of thiophene rings is 1. The molecular weight excluding hydrogens is 474 g/mol. The molecule has 0 unspecified atom stereocenters. The van der Waals surface area contributed by atoms with E-state index in [-0.39, 0.29) is 30.6 Å². The molecular formula is C22H25N7O5S. The summed E-state index contributed by atoms with van der Waals surface area (Å²) in [4.78, 5) is 55.3. The van der Waals surface area contributed by atoms with E-state index in [4.69, 9.17) is 4.84 Å². The van der Waals surface area contributed by atoms with Gasteiger partial charge >= 0.3 is 5.69 Å². The summed E-state index contributed by atoms with van der Waals surface area (Å²) in [6, 6.07) is 3.63. The Bertz CT molecular complexity index is 1570. The van der Waals surface area contributed by atoms with E-state index in [1.165, 1.54) is 23.0 Å². The lowest BCUT2D eigenvalue weighted by atomic mass is 10.1. The highest BCUT2D eigenvalue weighted by Gasteiger charge is 2.33. The fourth-order valence-electron chi connectivity index (χ4n) is 4.32. The molecule has 5 rings (SSSR count). The quantitative estimate of drug-likeness (QED) is 0.397. The summed E-state index contributed by atoms with van der Waals surface area (Å²) in [5.74, 6) is 0.00577. The summed E-state index contributed by atoms with van der Waals surface area (Å²) in [6.45, 7) is 2.49. The van der Waals surface area contributed by atoms with Gasteiger partial charge in [0.05, 0.1) is 24.0 Å². The third-order valence-corrected chi connectivity index (χ3v) is 7.16. The van der Waals surface area contributed by atoms with Gasteiger partial charge in [0.15, 0.2) is 5.65 Å². The van der Waals surface area contributed by atoms with E-state index in [9.17, 15) is 19.5 Å². The Morgan fingerprint density at radius 3 is 2.83 bits per heavy atom. The van der Waals surface area contributed by atoms with Crippen molar-refractivity contribution in [1.29, 1.82) is 0 Å². The number of aliphatic hydroxyl groups excluding tert-OH is 1. The number of rotatable bonds is 6. The van der Waals surface area contributed by atoms with Crippen LogP contribution in [0.15, 0.2) is 27.9 Å². The summed E-state index contributed by atoms with van der Waals surface area (Å²) >= 11 is 1.22. The normalized spacial score (nSPS) is 16.0. The lowest BCUT2D eigenvalue weighted by Gasteiger charge is -2.15. The SMILES string of the molecule is CCCn1c(=O)n(C)c(=O)c2c(C(=O)N3C[C@H](O)CO3)c(Cn3c(NC)nc4cccnc43)sc21. The Hall–Kier alpha value is -3.55.